The van der Waals surface area contributed by atoms with Crippen molar-refractivity contribution in [1.29, 1.82) is 0 Å². The first-order valence-corrected chi connectivity index (χ1v) is 6.53. The fourth-order valence-corrected chi connectivity index (χ4v) is 2.08. The van der Waals surface area contributed by atoms with E-state index in [1.165, 1.54) is 19.2 Å². The molecular formula is C14H18N2O4. The number of nitrogens with two attached hydrogens (primary N) is 1. The number of nitrogens with one attached hydrogen (secondary N) is 1. The molecule has 1 aromatic carbocycles. The molecule has 0 bridgehead atoms. The Labute approximate surface area is 117 Å². The summed E-state index contributed by atoms with van der Waals surface area (Å²) in [5.41, 5.74) is 6.37. The van der Waals surface area contributed by atoms with Crippen LogP contribution < -0.4 is 15.8 Å². The van der Waals surface area contributed by atoms with Gasteiger partial charge in [-0.25, -0.2) is 4.79 Å². The molecule has 20 heavy (non-hydrogen) atoms. The Hall–Kier alpha value is -2.24. The molecule has 0 radical (unpaired) electrons. The molecule has 0 aromatic heterocycles. The van der Waals surface area contributed by atoms with Crippen LogP contribution in [-0.2, 0) is 9.53 Å². The largest absolute Gasteiger partial charge is 0.497 e. The fraction of sp³-hybridized carbons (Fsp3) is 0.429. The molecule has 108 valence electrons. The van der Waals surface area contributed by atoms with Crippen LogP contribution in [0.1, 0.15) is 29.6 Å². The van der Waals surface area contributed by atoms with Crippen molar-refractivity contribution in [3.63, 3.8) is 0 Å². The summed E-state index contributed by atoms with van der Waals surface area (Å²) in [5.74, 6) is -0.341. The number of benzene rings is 1. The van der Waals surface area contributed by atoms with Crippen LogP contribution in [-0.4, -0.2) is 31.6 Å². The van der Waals surface area contributed by atoms with Gasteiger partial charge in [0.05, 0.1) is 12.7 Å². The van der Waals surface area contributed by atoms with Gasteiger partial charge < -0.3 is 20.5 Å². The molecule has 1 unspecified atom stereocenters. The Bertz CT molecular complexity index is 516. The van der Waals surface area contributed by atoms with Gasteiger partial charge in [0.1, 0.15) is 5.75 Å². The number of carbonyl (C=O) groups is 2. The van der Waals surface area contributed by atoms with E-state index >= 15 is 0 Å². The zero-order valence-electron chi connectivity index (χ0n) is 11.3. The van der Waals surface area contributed by atoms with E-state index in [1.807, 2.05) is 0 Å². The number of hydrogen-bond donors (Lipinski definition) is 2. The Morgan fingerprint density at radius 1 is 1.35 bits per heavy atom. The standard InChI is InChI=1S/C14H18N2O4/c1-19-11-7-9(6-10(15)8-11)14(18)20-12-4-2-3-5-16-13(12)17/h6-8,12H,2-5,15H2,1H3,(H,16,17). The number of carbonyl (C=O) groups excluding carboxylic acids is 2. The van der Waals surface area contributed by atoms with Gasteiger partial charge >= 0.3 is 5.97 Å². The molecule has 3 N–H and O–H groups in total. The summed E-state index contributed by atoms with van der Waals surface area (Å²) >= 11 is 0. The summed E-state index contributed by atoms with van der Waals surface area (Å²) in [4.78, 5) is 23.8. The second-order valence-corrected chi connectivity index (χ2v) is 4.68. The number of rotatable bonds is 3. The lowest BCUT2D eigenvalue weighted by molar-refractivity contribution is -0.129. The van der Waals surface area contributed by atoms with Crippen molar-refractivity contribution in [2.45, 2.75) is 25.4 Å². The number of nitrogen functional groups attached to an aromatic ring is 1. The van der Waals surface area contributed by atoms with E-state index in [4.69, 9.17) is 15.2 Å². The van der Waals surface area contributed by atoms with Crippen molar-refractivity contribution in [3.8, 4) is 5.75 Å². The van der Waals surface area contributed by atoms with Gasteiger partial charge in [0.25, 0.3) is 5.91 Å². The summed E-state index contributed by atoms with van der Waals surface area (Å²) in [5, 5.41) is 2.72. The average Bonchev–Trinajstić information content (AvgIpc) is 2.63. The quantitative estimate of drug-likeness (QED) is 0.638. The summed E-state index contributed by atoms with van der Waals surface area (Å²) in [7, 11) is 1.49. The van der Waals surface area contributed by atoms with Crippen LogP contribution in [0.5, 0.6) is 5.75 Å². The van der Waals surface area contributed by atoms with Crippen LogP contribution in [0.25, 0.3) is 0 Å². The molecule has 2 rings (SSSR count). The molecule has 0 aliphatic carbocycles. The number of amides is 1. The first kappa shape index (κ1) is 14.2. The Morgan fingerprint density at radius 3 is 2.90 bits per heavy atom. The van der Waals surface area contributed by atoms with E-state index in [2.05, 4.69) is 5.32 Å². The van der Waals surface area contributed by atoms with Crippen molar-refractivity contribution in [3.05, 3.63) is 23.8 Å². The van der Waals surface area contributed by atoms with Crippen LogP contribution in [0, 0.1) is 0 Å². The molecule has 1 atom stereocenters. The minimum absolute atomic E-state index is 0.244. The topological polar surface area (TPSA) is 90.7 Å². The lowest BCUT2D eigenvalue weighted by Gasteiger charge is -2.15. The van der Waals surface area contributed by atoms with Crippen molar-refractivity contribution >= 4 is 17.6 Å². The van der Waals surface area contributed by atoms with Crippen molar-refractivity contribution in [2.75, 3.05) is 19.4 Å². The molecule has 6 nitrogen and oxygen atoms in total. The normalized spacial score (nSPS) is 18.9. The van der Waals surface area contributed by atoms with Crippen LogP contribution in [0.2, 0.25) is 0 Å². The maximum atomic E-state index is 12.1. The predicted molar refractivity (Wildman–Crippen MR) is 73.5 cm³/mol. The molecule has 1 aliphatic heterocycles. The summed E-state index contributed by atoms with van der Waals surface area (Å²) in [6, 6.07) is 4.64. The maximum Gasteiger partial charge on any atom is 0.339 e. The highest BCUT2D eigenvalue weighted by molar-refractivity contribution is 5.93. The third kappa shape index (κ3) is 3.40. The number of ether oxygens (including phenoxy) is 2. The number of esters is 1. The van der Waals surface area contributed by atoms with Gasteiger partial charge in [-0.1, -0.05) is 0 Å². The third-order valence-electron chi connectivity index (χ3n) is 3.13. The van der Waals surface area contributed by atoms with Crippen LogP contribution >= 0.6 is 0 Å². The first-order chi connectivity index (χ1) is 9.60. The molecule has 1 heterocycles. The van der Waals surface area contributed by atoms with Gasteiger partial charge in [-0.05, 0) is 31.4 Å². The summed E-state index contributed by atoms with van der Waals surface area (Å²) < 4.78 is 10.3. The maximum absolute atomic E-state index is 12.1. The molecule has 1 aromatic rings. The zero-order valence-corrected chi connectivity index (χ0v) is 11.3. The van der Waals surface area contributed by atoms with E-state index in [0.29, 0.717) is 24.4 Å². The monoisotopic (exact) mass is 278 g/mol. The van der Waals surface area contributed by atoms with Gasteiger partial charge in [-0.3, -0.25) is 4.79 Å². The second-order valence-electron chi connectivity index (χ2n) is 4.68. The van der Waals surface area contributed by atoms with Crippen molar-refractivity contribution in [2.24, 2.45) is 0 Å². The van der Waals surface area contributed by atoms with E-state index < -0.39 is 12.1 Å². The Kier molecular flexibility index (Phi) is 4.45. The minimum Gasteiger partial charge on any atom is -0.497 e. The predicted octanol–water partition coefficient (Wildman–Crippen LogP) is 1.10. The van der Waals surface area contributed by atoms with Gasteiger partial charge in [0.15, 0.2) is 6.10 Å². The number of anilines is 1. The van der Waals surface area contributed by atoms with E-state index in [1.54, 1.807) is 6.07 Å². The van der Waals surface area contributed by atoms with E-state index in [9.17, 15) is 9.59 Å². The molecular weight excluding hydrogens is 260 g/mol. The summed E-state index contributed by atoms with van der Waals surface area (Å²) in [6.07, 6.45) is 1.54. The van der Waals surface area contributed by atoms with Gasteiger partial charge in [0.2, 0.25) is 0 Å². The number of hydrogen-bond acceptors (Lipinski definition) is 5. The molecule has 6 heteroatoms. The van der Waals surface area contributed by atoms with Crippen LogP contribution in [0.4, 0.5) is 5.69 Å². The SMILES string of the molecule is COc1cc(N)cc(C(=O)OC2CCCCNC2=O)c1. The lowest BCUT2D eigenvalue weighted by Crippen LogP contribution is -2.36. The smallest absolute Gasteiger partial charge is 0.339 e. The van der Waals surface area contributed by atoms with Crippen LogP contribution in [0.15, 0.2) is 18.2 Å². The van der Waals surface area contributed by atoms with Crippen molar-refractivity contribution < 1.29 is 19.1 Å². The Morgan fingerprint density at radius 2 is 2.15 bits per heavy atom. The second kappa shape index (κ2) is 6.27. The zero-order chi connectivity index (χ0) is 14.5. The van der Waals surface area contributed by atoms with Gasteiger partial charge in [0, 0.05) is 18.3 Å². The van der Waals surface area contributed by atoms with E-state index in [-0.39, 0.29) is 11.5 Å². The first-order valence-electron chi connectivity index (χ1n) is 6.53. The average molecular weight is 278 g/mol. The van der Waals surface area contributed by atoms with Crippen LogP contribution in [0.3, 0.4) is 0 Å². The molecule has 1 fully saturated rings. The Balaban J connectivity index is 2.11. The van der Waals surface area contributed by atoms with Gasteiger partial charge in [-0.15, -0.1) is 0 Å². The van der Waals surface area contributed by atoms with Crippen molar-refractivity contribution in [1.82, 2.24) is 5.32 Å². The lowest BCUT2D eigenvalue weighted by atomic mass is 10.1. The molecule has 1 aliphatic rings. The highest BCUT2D eigenvalue weighted by Gasteiger charge is 2.25. The number of methoxy groups -OCH3 is 1. The summed E-state index contributed by atoms with van der Waals surface area (Å²) in [6.45, 7) is 0.624. The highest BCUT2D eigenvalue weighted by atomic mass is 16.5. The third-order valence-corrected chi connectivity index (χ3v) is 3.13. The molecule has 0 saturated carbocycles. The molecule has 1 amide bonds. The highest BCUT2D eigenvalue weighted by Crippen LogP contribution is 2.20. The van der Waals surface area contributed by atoms with E-state index in [0.717, 1.165) is 12.8 Å². The molecule has 1 saturated heterocycles. The fourth-order valence-electron chi connectivity index (χ4n) is 2.08. The molecule has 0 spiro atoms. The minimum atomic E-state index is -0.738. The van der Waals surface area contributed by atoms with Gasteiger partial charge in [-0.2, -0.15) is 0 Å².